The highest BCUT2D eigenvalue weighted by Crippen LogP contribution is 2.34. The van der Waals surface area contributed by atoms with Gasteiger partial charge in [0.2, 0.25) is 0 Å². The third kappa shape index (κ3) is 3.06. The molecule has 1 amide bonds. The number of benzene rings is 1. The van der Waals surface area contributed by atoms with E-state index in [1.54, 1.807) is 12.1 Å². The standard InChI is InChI=1S/C17H19NO5/c1-22-17(21)18-12(7-8-15-13(18)10-16(20)23-15)9-14(19)11-5-3-2-4-6-11/h2-6,12-13,15H,7-10H2,1H3/t12-,13-,15-/m0/s1. The molecule has 0 N–H and O–H groups in total. The van der Waals surface area contributed by atoms with E-state index in [2.05, 4.69) is 0 Å². The van der Waals surface area contributed by atoms with Gasteiger partial charge in [0, 0.05) is 18.0 Å². The maximum Gasteiger partial charge on any atom is 0.410 e. The monoisotopic (exact) mass is 317 g/mol. The van der Waals surface area contributed by atoms with Gasteiger partial charge >= 0.3 is 12.1 Å². The molecule has 0 bridgehead atoms. The van der Waals surface area contributed by atoms with Crippen molar-refractivity contribution in [2.75, 3.05) is 7.11 Å². The van der Waals surface area contributed by atoms with Crippen LogP contribution in [0.2, 0.25) is 0 Å². The fraction of sp³-hybridized carbons (Fsp3) is 0.471. The second-order valence-electron chi connectivity index (χ2n) is 5.90. The molecule has 3 rings (SSSR count). The minimum Gasteiger partial charge on any atom is -0.460 e. The van der Waals surface area contributed by atoms with Crippen LogP contribution in [0.25, 0.3) is 0 Å². The van der Waals surface area contributed by atoms with Crippen LogP contribution < -0.4 is 0 Å². The van der Waals surface area contributed by atoms with E-state index in [0.717, 1.165) is 0 Å². The average Bonchev–Trinajstić information content (AvgIpc) is 2.95. The number of likely N-dealkylation sites (tertiary alicyclic amines) is 1. The number of hydrogen-bond acceptors (Lipinski definition) is 5. The van der Waals surface area contributed by atoms with E-state index >= 15 is 0 Å². The highest BCUT2D eigenvalue weighted by Gasteiger charge is 2.47. The summed E-state index contributed by atoms with van der Waals surface area (Å²) in [6, 6.07) is 8.39. The number of ether oxygens (including phenoxy) is 2. The van der Waals surface area contributed by atoms with Gasteiger partial charge in [0.25, 0.3) is 0 Å². The maximum atomic E-state index is 12.4. The molecule has 2 saturated heterocycles. The number of carbonyl (C=O) groups excluding carboxylic acids is 3. The Morgan fingerprint density at radius 2 is 2.00 bits per heavy atom. The molecule has 3 atom stereocenters. The lowest BCUT2D eigenvalue weighted by Crippen LogP contribution is -2.54. The Morgan fingerprint density at radius 1 is 1.26 bits per heavy atom. The van der Waals surface area contributed by atoms with Crippen molar-refractivity contribution in [1.29, 1.82) is 0 Å². The summed E-state index contributed by atoms with van der Waals surface area (Å²) < 4.78 is 10.1. The number of fused-ring (bicyclic) bond motifs is 1. The minimum absolute atomic E-state index is 0.0202. The lowest BCUT2D eigenvalue weighted by atomic mass is 9.89. The average molecular weight is 317 g/mol. The Labute approximate surface area is 134 Å². The number of carbonyl (C=O) groups is 3. The van der Waals surface area contributed by atoms with E-state index in [4.69, 9.17) is 9.47 Å². The topological polar surface area (TPSA) is 72.9 Å². The van der Waals surface area contributed by atoms with Gasteiger partial charge in [0.15, 0.2) is 5.78 Å². The van der Waals surface area contributed by atoms with Crippen molar-refractivity contribution in [2.45, 2.75) is 43.9 Å². The molecule has 0 aromatic heterocycles. The third-order valence-corrected chi connectivity index (χ3v) is 4.53. The normalized spacial score (nSPS) is 26.4. The van der Waals surface area contributed by atoms with E-state index in [1.165, 1.54) is 12.0 Å². The number of piperidine rings is 1. The van der Waals surface area contributed by atoms with Crippen molar-refractivity contribution in [2.24, 2.45) is 0 Å². The van der Waals surface area contributed by atoms with Crippen molar-refractivity contribution in [3.05, 3.63) is 35.9 Å². The molecule has 2 aliphatic heterocycles. The fourth-order valence-electron chi connectivity index (χ4n) is 3.44. The Morgan fingerprint density at radius 3 is 2.70 bits per heavy atom. The molecule has 6 heteroatoms. The van der Waals surface area contributed by atoms with E-state index in [0.29, 0.717) is 18.4 Å². The third-order valence-electron chi connectivity index (χ3n) is 4.53. The van der Waals surface area contributed by atoms with E-state index in [-0.39, 0.29) is 42.8 Å². The van der Waals surface area contributed by atoms with Crippen molar-refractivity contribution in [3.8, 4) is 0 Å². The van der Waals surface area contributed by atoms with Crippen molar-refractivity contribution >= 4 is 17.8 Å². The first-order valence-corrected chi connectivity index (χ1v) is 7.74. The van der Waals surface area contributed by atoms with Crippen molar-refractivity contribution in [3.63, 3.8) is 0 Å². The zero-order valence-electron chi connectivity index (χ0n) is 12.9. The highest BCUT2D eigenvalue weighted by atomic mass is 16.6. The summed E-state index contributed by atoms with van der Waals surface area (Å²) in [5.41, 5.74) is 0.623. The largest absolute Gasteiger partial charge is 0.460 e. The lowest BCUT2D eigenvalue weighted by Gasteiger charge is -2.40. The van der Waals surface area contributed by atoms with Crippen LogP contribution in [0.3, 0.4) is 0 Å². The first-order chi connectivity index (χ1) is 11.1. The Kier molecular flexibility index (Phi) is 4.32. The first-order valence-electron chi connectivity index (χ1n) is 7.74. The summed E-state index contributed by atoms with van der Waals surface area (Å²) in [5.74, 6) is -0.322. The quantitative estimate of drug-likeness (QED) is 0.631. The second kappa shape index (κ2) is 6.40. The van der Waals surface area contributed by atoms with Gasteiger partial charge in [-0.1, -0.05) is 30.3 Å². The van der Waals surface area contributed by atoms with Crippen LogP contribution in [-0.4, -0.2) is 48.0 Å². The minimum atomic E-state index is -0.510. The molecule has 2 heterocycles. The molecule has 1 aromatic rings. The number of amides is 1. The summed E-state index contributed by atoms with van der Waals surface area (Å²) in [7, 11) is 1.31. The van der Waals surface area contributed by atoms with Gasteiger partial charge in [-0.3, -0.25) is 14.5 Å². The fourth-order valence-corrected chi connectivity index (χ4v) is 3.44. The molecule has 0 unspecified atom stereocenters. The number of hydrogen-bond donors (Lipinski definition) is 0. The zero-order valence-corrected chi connectivity index (χ0v) is 12.9. The molecule has 0 radical (unpaired) electrons. The highest BCUT2D eigenvalue weighted by molar-refractivity contribution is 5.96. The van der Waals surface area contributed by atoms with Crippen LogP contribution in [0.1, 0.15) is 36.0 Å². The molecule has 0 spiro atoms. The van der Waals surface area contributed by atoms with E-state index in [9.17, 15) is 14.4 Å². The molecule has 23 heavy (non-hydrogen) atoms. The van der Waals surface area contributed by atoms with Crippen LogP contribution in [0.4, 0.5) is 4.79 Å². The van der Waals surface area contributed by atoms with Gasteiger partial charge in [-0.15, -0.1) is 0 Å². The Bertz CT molecular complexity index is 615. The second-order valence-corrected chi connectivity index (χ2v) is 5.90. The Balaban J connectivity index is 1.78. The molecule has 0 saturated carbocycles. The first kappa shape index (κ1) is 15.5. The van der Waals surface area contributed by atoms with Crippen molar-refractivity contribution in [1.82, 2.24) is 4.90 Å². The zero-order chi connectivity index (χ0) is 16.4. The molecule has 2 aliphatic rings. The summed E-state index contributed by atoms with van der Waals surface area (Å²) in [4.78, 5) is 37.7. The predicted octanol–water partition coefficient (Wildman–Crippen LogP) is 2.17. The molecule has 1 aromatic carbocycles. The number of esters is 1. The SMILES string of the molecule is COC(=O)N1[C@H](CC(=O)c2ccccc2)CC[C@@H]2OC(=O)C[C@@H]21. The Hall–Kier alpha value is -2.37. The van der Waals surface area contributed by atoms with Crippen LogP contribution in [0.5, 0.6) is 0 Å². The van der Waals surface area contributed by atoms with Gasteiger partial charge < -0.3 is 9.47 Å². The van der Waals surface area contributed by atoms with Crippen molar-refractivity contribution < 1.29 is 23.9 Å². The van der Waals surface area contributed by atoms with Crippen LogP contribution >= 0.6 is 0 Å². The number of Topliss-reactive ketones (excluding diaryl/α,β-unsaturated/α-hetero) is 1. The van der Waals surface area contributed by atoms with Gasteiger partial charge in [0.05, 0.1) is 19.6 Å². The van der Waals surface area contributed by atoms with E-state index in [1.807, 2.05) is 18.2 Å². The predicted molar refractivity (Wildman–Crippen MR) is 80.9 cm³/mol. The van der Waals surface area contributed by atoms with Gasteiger partial charge in [-0.2, -0.15) is 0 Å². The number of rotatable bonds is 3. The van der Waals surface area contributed by atoms with Gasteiger partial charge in [0.1, 0.15) is 6.10 Å². The molecule has 0 aliphatic carbocycles. The summed E-state index contributed by atoms with van der Waals surface area (Å²) >= 11 is 0. The maximum absolute atomic E-state index is 12.4. The van der Waals surface area contributed by atoms with Gasteiger partial charge in [-0.25, -0.2) is 4.79 Å². The van der Waals surface area contributed by atoms with Gasteiger partial charge in [-0.05, 0) is 12.8 Å². The smallest absolute Gasteiger partial charge is 0.410 e. The summed E-state index contributed by atoms with van der Waals surface area (Å²) in [5, 5.41) is 0. The van der Waals surface area contributed by atoms with Crippen LogP contribution in [-0.2, 0) is 14.3 Å². The summed E-state index contributed by atoms with van der Waals surface area (Å²) in [6.07, 6.45) is 0.860. The number of nitrogens with zero attached hydrogens (tertiary/aromatic N) is 1. The molecule has 6 nitrogen and oxygen atoms in total. The van der Waals surface area contributed by atoms with Crippen LogP contribution in [0.15, 0.2) is 30.3 Å². The number of methoxy groups -OCH3 is 1. The van der Waals surface area contributed by atoms with Crippen LogP contribution in [0, 0.1) is 0 Å². The summed E-state index contributed by atoms with van der Waals surface area (Å²) in [6.45, 7) is 0. The molecular formula is C17H19NO5. The molecule has 2 fully saturated rings. The molecule has 122 valence electrons. The number of ketones is 1. The molecular weight excluding hydrogens is 298 g/mol. The lowest BCUT2D eigenvalue weighted by molar-refractivity contribution is -0.142. The van der Waals surface area contributed by atoms with E-state index < -0.39 is 6.09 Å².